The minimum Gasteiger partial charge on any atom is -0.0654 e. The quantitative estimate of drug-likeness (QED) is 0.373. The Labute approximate surface area is 93.7 Å². The zero-order valence-electron chi connectivity index (χ0n) is 10.6. The van der Waals surface area contributed by atoms with Crippen molar-refractivity contribution >= 4 is 9.52 Å². The SMILES string of the molecule is CCCCCCCC[SiH2]C[C@@H](C)CC. The maximum absolute atomic E-state index is 2.41. The molecule has 0 bridgehead atoms. The Hall–Kier alpha value is 0.217. The van der Waals surface area contributed by atoms with Gasteiger partial charge in [-0.1, -0.05) is 77.8 Å². The molecule has 0 amide bonds. The molecule has 0 nitrogen and oxygen atoms in total. The van der Waals surface area contributed by atoms with Crippen molar-refractivity contribution in [3.05, 3.63) is 0 Å². The second-order valence-corrected chi connectivity index (χ2v) is 6.77. The van der Waals surface area contributed by atoms with Crippen LogP contribution in [0.3, 0.4) is 0 Å². The monoisotopic (exact) mass is 214 g/mol. The van der Waals surface area contributed by atoms with Crippen LogP contribution < -0.4 is 0 Å². The van der Waals surface area contributed by atoms with Gasteiger partial charge in [0.05, 0.1) is 0 Å². The van der Waals surface area contributed by atoms with Crippen molar-refractivity contribution in [1.82, 2.24) is 0 Å². The molecular formula is C13H30Si. The molecule has 0 fully saturated rings. The second kappa shape index (κ2) is 11.3. The van der Waals surface area contributed by atoms with Gasteiger partial charge in [-0.15, -0.1) is 0 Å². The average Bonchev–Trinajstić information content (AvgIpc) is 2.21. The fourth-order valence-electron chi connectivity index (χ4n) is 1.83. The summed E-state index contributed by atoms with van der Waals surface area (Å²) in [5, 5.41) is 0. The highest BCUT2D eigenvalue weighted by Crippen LogP contribution is 2.11. The molecule has 86 valence electrons. The van der Waals surface area contributed by atoms with Crippen molar-refractivity contribution in [1.29, 1.82) is 0 Å². The van der Waals surface area contributed by atoms with Gasteiger partial charge >= 0.3 is 0 Å². The third-order valence-corrected chi connectivity index (χ3v) is 5.64. The highest BCUT2D eigenvalue weighted by Gasteiger charge is 1.98. The van der Waals surface area contributed by atoms with Crippen molar-refractivity contribution in [3.8, 4) is 0 Å². The molecule has 0 rings (SSSR count). The summed E-state index contributed by atoms with van der Waals surface area (Å²) in [5.41, 5.74) is 0. The number of hydrogen-bond acceptors (Lipinski definition) is 0. The van der Waals surface area contributed by atoms with E-state index in [1.807, 2.05) is 0 Å². The summed E-state index contributed by atoms with van der Waals surface area (Å²) >= 11 is 0. The lowest BCUT2D eigenvalue weighted by Crippen LogP contribution is -1.98. The van der Waals surface area contributed by atoms with Gasteiger partial charge in [-0.05, 0) is 5.92 Å². The van der Waals surface area contributed by atoms with Gasteiger partial charge in [0.25, 0.3) is 0 Å². The maximum Gasteiger partial charge on any atom is 0.0200 e. The summed E-state index contributed by atoms with van der Waals surface area (Å²) in [5.74, 6) is 1.02. The van der Waals surface area contributed by atoms with E-state index < -0.39 is 0 Å². The zero-order valence-corrected chi connectivity index (χ0v) is 12.1. The van der Waals surface area contributed by atoms with Crippen LogP contribution >= 0.6 is 0 Å². The minimum atomic E-state index is 0.313. The fraction of sp³-hybridized carbons (Fsp3) is 1.00. The van der Waals surface area contributed by atoms with E-state index in [-0.39, 0.29) is 0 Å². The summed E-state index contributed by atoms with van der Waals surface area (Å²) in [4.78, 5) is 0. The summed E-state index contributed by atoms with van der Waals surface area (Å²) in [7, 11) is 0.313. The highest BCUT2D eigenvalue weighted by molar-refractivity contribution is 6.35. The molecule has 0 N–H and O–H groups in total. The fourth-order valence-corrected chi connectivity index (χ4v) is 3.93. The second-order valence-electron chi connectivity index (χ2n) is 4.78. The normalized spacial score (nSPS) is 13.9. The lowest BCUT2D eigenvalue weighted by molar-refractivity contribution is 0.611. The highest BCUT2D eigenvalue weighted by atomic mass is 28.2. The van der Waals surface area contributed by atoms with E-state index in [1.165, 1.54) is 44.9 Å². The van der Waals surface area contributed by atoms with E-state index in [0.29, 0.717) is 9.52 Å². The van der Waals surface area contributed by atoms with Gasteiger partial charge < -0.3 is 0 Å². The van der Waals surface area contributed by atoms with Gasteiger partial charge in [0, 0.05) is 9.52 Å². The van der Waals surface area contributed by atoms with Gasteiger partial charge in [0.1, 0.15) is 0 Å². The zero-order chi connectivity index (χ0) is 10.6. The smallest absolute Gasteiger partial charge is 0.0200 e. The van der Waals surface area contributed by atoms with Crippen LogP contribution in [0.4, 0.5) is 0 Å². The molecule has 0 saturated heterocycles. The molecular weight excluding hydrogens is 184 g/mol. The van der Waals surface area contributed by atoms with Gasteiger partial charge in [-0.3, -0.25) is 0 Å². The lowest BCUT2D eigenvalue weighted by atomic mass is 10.1. The van der Waals surface area contributed by atoms with Crippen molar-refractivity contribution in [2.75, 3.05) is 0 Å². The molecule has 0 aromatic rings. The number of hydrogen-bond donors (Lipinski definition) is 0. The molecule has 0 heterocycles. The van der Waals surface area contributed by atoms with E-state index >= 15 is 0 Å². The standard InChI is InChI=1S/C13H30Si/c1-4-6-7-8-9-10-11-14-12-13(3)5-2/h13H,4-12,14H2,1-3H3/t13-/m0/s1. The molecule has 0 aliphatic heterocycles. The van der Waals surface area contributed by atoms with Crippen LogP contribution in [0.15, 0.2) is 0 Å². The first kappa shape index (κ1) is 14.2. The van der Waals surface area contributed by atoms with E-state index in [2.05, 4.69) is 20.8 Å². The van der Waals surface area contributed by atoms with Crippen LogP contribution in [0.2, 0.25) is 12.1 Å². The largest absolute Gasteiger partial charge is 0.0654 e. The summed E-state index contributed by atoms with van der Waals surface area (Å²) in [6, 6.07) is 3.20. The van der Waals surface area contributed by atoms with Crippen molar-refractivity contribution in [3.63, 3.8) is 0 Å². The molecule has 0 unspecified atom stereocenters. The van der Waals surface area contributed by atoms with Crippen molar-refractivity contribution < 1.29 is 0 Å². The summed E-state index contributed by atoms with van der Waals surface area (Å²) in [6.45, 7) is 7.02. The minimum absolute atomic E-state index is 0.313. The molecule has 1 heteroatoms. The third-order valence-electron chi connectivity index (χ3n) is 3.25. The predicted octanol–water partition coefficient (Wildman–Crippen LogP) is 4.40. The van der Waals surface area contributed by atoms with Gasteiger partial charge in [-0.2, -0.15) is 0 Å². The average molecular weight is 214 g/mol. The Balaban J connectivity index is 2.92. The topological polar surface area (TPSA) is 0 Å². The van der Waals surface area contributed by atoms with Crippen molar-refractivity contribution in [2.45, 2.75) is 77.8 Å². The molecule has 0 aromatic carbocycles. The van der Waals surface area contributed by atoms with E-state index in [9.17, 15) is 0 Å². The van der Waals surface area contributed by atoms with Crippen LogP contribution in [0.5, 0.6) is 0 Å². The number of unbranched alkanes of at least 4 members (excludes halogenated alkanes) is 5. The molecule has 0 saturated carbocycles. The van der Waals surface area contributed by atoms with Gasteiger partial charge in [0.2, 0.25) is 0 Å². The van der Waals surface area contributed by atoms with Crippen LogP contribution in [0, 0.1) is 5.92 Å². The summed E-state index contributed by atoms with van der Waals surface area (Å²) in [6.07, 6.45) is 10.2. The van der Waals surface area contributed by atoms with E-state index in [1.54, 1.807) is 12.1 Å². The first-order chi connectivity index (χ1) is 6.81. The Bertz CT molecular complexity index is 101. The molecule has 0 aliphatic carbocycles. The Morgan fingerprint density at radius 3 is 2.21 bits per heavy atom. The predicted molar refractivity (Wildman–Crippen MR) is 71.0 cm³/mol. The molecule has 0 aromatic heterocycles. The van der Waals surface area contributed by atoms with Crippen LogP contribution in [0.1, 0.15) is 65.7 Å². The van der Waals surface area contributed by atoms with E-state index in [0.717, 1.165) is 5.92 Å². The van der Waals surface area contributed by atoms with Crippen LogP contribution in [-0.4, -0.2) is 9.52 Å². The Morgan fingerprint density at radius 1 is 0.929 bits per heavy atom. The van der Waals surface area contributed by atoms with Crippen LogP contribution in [-0.2, 0) is 0 Å². The summed E-state index contributed by atoms with van der Waals surface area (Å²) < 4.78 is 0. The Morgan fingerprint density at radius 2 is 1.57 bits per heavy atom. The lowest BCUT2D eigenvalue weighted by Gasteiger charge is -2.06. The van der Waals surface area contributed by atoms with Crippen molar-refractivity contribution in [2.24, 2.45) is 5.92 Å². The first-order valence-corrected chi connectivity index (χ1v) is 8.81. The third kappa shape index (κ3) is 10.3. The van der Waals surface area contributed by atoms with Gasteiger partial charge in [-0.25, -0.2) is 0 Å². The van der Waals surface area contributed by atoms with Crippen LogP contribution in [0.25, 0.3) is 0 Å². The molecule has 14 heavy (non-hydrogen) atoms. The molecule has 1 atom stereocenters. The molecule has 0 spiro atoms. The number of rotatable bonds is 10. The van der Waals surface area contributed by atoms with E-state index in [4.69, 9.17) is 0 Å². The molecule has 0 radical (unpaired) electrons. The van der Waals surface area contributed by atoms with Gasteiger partial charge in [0.15, 0.2) is 0 Å². The Kier molecular flexibility index (Phi) is 11.5. The molecule has 0 aliphatic rings. The maximum atomic E-state index is 2.41. The first-order valence-electron chi connectivity index (χ1n) is 6.81.